The van der Waals surface area contributed by atoms with Crippen LogP contribution in [0.25, 0.3) is 0 Å². The van der Waals surface area contributed by atoms with E-state index in [0.29, 0.717) is 12.0 Å². The van der Waals surface area contributed by atoms with Crippen molar-refractivity contribution in [2.24, 2.45) is 0 Å². The highest BCUT2D eigenvalue weighted by Gasteiger charge is 2.28. The van der Waals surface area contributed by atoms with Crippen LogP contribution >= 0.6 is 11.8 Å². The molecule has 0 amide bonds. The number of thioether (sulfide) groups is 1. The quantitative estimate of drug-likeness (QED) is 0.851. The van der Waals surface area contributed by atoms with Crippen molar-refractivity contribution in [3.05, 3.63) is 35.1 Å². The first-order chi connectivity index (χ1) is 8.08. The predicted molar refractivity (Wildman–Crippen MR) is 65.5 cm³/mol. The van der Waals surface area contributed by atoms with E-state index in [4.69, 9.17) is 5.11 Å². The molecule has 0 bridgehead atoms. The molecule has 3 nitrogen and oxygen atoms in total. The van der Waals surface area contributed by atoms with E-state index in [9.17, 15) is 9.18 Å². The third-order valence-corrected chi connectivity index (χ3v) is 3.97. The van der Waals surface area contributed by atoms with E-state index >= 15 is 0 Å². The molecule has 1 aliphatic rings. The number of aliphatic carboxylic acids is 1. The zero-order valence-electron chi connectivity index (χ0n) is 9.44. The standard InChI is InChI=1S/C12H14FNO2S/c1-7-2-3-9(13)8(6-7)11-14-10(12(15)16)4-5-17-11/h2-3,6,10-11,14H,4-5H2,1H3,(H,15,16). The van der Waals surface area contributed by atoms with Gasteiger partial charge in [0.2, 0.25) is 0 Å². The fourth-order valence-electron chi connectivity index (χ4n) is 1.86. The fraction of sp³-hybridized carbons (Fsp3) is 0.417. The molecule has 0 radical (unpaired) electrons. The summed E-state index contributed by atoms with van der Waals surface area (Å²) in [6.07, 6.45) is 0.573. The summed E-state index contributed by atoms with van der Waals surface area (Å²) in [5.74, 6) is -0.433. The van der Waals surface area contributed by atoms with Gasteiger partial charge in [0, 0.05) is 5.56 Å². The van der Waals surface area contributed by atoms with Crippen molar-refractivity contribution in [1.29, 1.82) is 0 Å². The fourth-order valence-corrected chi connectivity index (χ4v) is 3.08. The van der Waals surface area contributed by atoms with Gasteiger partial charge in [-0.15, -0.1) is 11.8 Å². The Morgan fingerprint density at radius 2 is 2.35 bits per heavy atom. The molecule has 0 saturated carbocycles. The molecule has 1 saturated heterocycles. The first-order valence-electron chi connectivity index (χ1n) is 5.44. The Kier molecular flexibility index (Phi) is 3.69. The number of nitrogens with one attached hydrogen (secondary N) is 1. The van der Waals surface area contributed by atoms with Gasteiger partial charge in [0.1, 0.15) is 11.9 Å². The first-order valence-corrected chi connectivity index (χ1v) is 6.49. The highest BCUT2D eigenvalue weighted by atomic mass is 32.2. The van der Waals surface area contributed by atoms with Crippen molar-refractivity contribution < 1.29 is 14.3 Å². The predicted octanol–water partition coefficient (Wildman–Crippen LogP) is 2.31. The van der Waals surface area contributed by atoms with Crippen LogP contribution in [0.1, 0.15) is 22.9 Å². The van der Waals surface area contributed by atoms with Crippen LogP contribution in [0.5, 0.6) is 0 Å². The SMILES string of the molecule is Cc1ccc(F)c(C2NC(C(=O)O)CCS2)c1. The van der Waals surface area contributed by atoms with Gasteiger partial charge in [-0.2, -0.15) is 0 Å². The van der Waals surface area contributed by atoms with Crippen LogP contribution in [0, 0.1) is 12.7 Å². The lowest BCUT2D eigenvalue weighted by molar-refractivity contribution is -0.139. The molecule has 2 atom stereocenters. The molecule has 17 heavy (non-hydrogen) atoms. The first kappa shape index (κ1) is 12.4. The number of hydrogen-bond acceptors (Lipinski definition) is 3. The van der Waals surface area contributed by atoms with E-state index in [0.717, 1.165) is 11.3 Å². The summed E-state index contributed by atoms with van der Waals surface area (Å²) in [6, 6.07) is 4.32. The van der Waals surface area contributed by atoms with Gasteiger partial charge in [-0.1, -0.05) is 17.7 Å². The molecule has 1 fully saturated rings. The Balaban J connectivity index is 2.21. The van der Waals surface area contributed by atoms with Gasteiger partial charge < -0.3 is 5.11 Å². The van der Waals surface area contributed by atoms with Crippen molar-refractivity contribution in [3.63, 3.8) is 0 Å². The molecule has 0 aliphatic carbocycles. The second kappa shape index (κ2) is 5.06. The zero-order valence-corrected chi connectivity index (χ0v) is 10.3. The topological polar surface area (TPSA) is 49.3 Å². The van der Waals surface area contributed by atoms with E-state index in [2.05, 4.69) is 5.32 Å². The Bertz CT molecular complexity index is 439. The Morgan fingerprint density at radius 3 is 3.06 bits per heavy atom. The van der Waals surface area contributed by atoms with Gasteiger partial charge in [-0.25, -0.2) is 4.39 Å². The van der Waals surface area contributed by atoms with Crippen LogP contribution < -0.4 is 5.32 Å². The van der Waals surface area contributed by atoms with Crippen LogP contribution in [0.3, 0.4) is 0 Å². The molecule has 1 heterocycles. The van der Waals surface area contributed by atoms with Crippen LogP contribution in [-0.4, -0.2) is 22.9 Å². The number of aryl methyl sites for hydroxylation is 1. The number of benzene rings is 1. The number of halogens is 1. The maximum Gasteiger partial charge on any atom is 0.320 e. The number of rotatable bonds is 2. The highest BCUT2D eigenvalue weighted by Crippen LogP contribution is 2.33. The summed E-state index contributed by atoms with van der Waals surface area (Å²) >= 11 is 1.55. The Hall–Kier alpha value is -1.07. The average molecular weight is 255 g/mol. The van der Waals surface area contributed by atoms with Crippen molar-refractivity contribution in [2.45, 2.75) is 24.8 Å². The zero-order chi connectivity index (χ0) is 12.4. The Morgan fingerprint density at radius 1 is 1.59 bits per heavy atom. The molecule has 1 aliphatic heterocycles. The maximum atomic E-state index is 13.7. The molecule has 1 aromatic carbocycles. The Labute approximate surface area is 103 Å². The van der Waals surface area contributed by atoms with Gasteiger partial charge in [0.25, 0.3) is 0 Å². The molecule has 5 heteroatoms. The molecular formula is C12H14FNO2S. The minimum Gasteiger partial charge on any atom is -0.480 e. The highest BCUT2D eigenvalue weighted by molar-refractivity contribution is 7.99. The molecule has 0 aromatic heterocycles. The van der Waals surface area contributed by atoms with E-state index < -0.39 is 12.0 Å². The smallest absolute Gasteiger partial charge is 0.320 e. The van der Waals surface area contributed by atoms with Gasteiger partial charge >= 0.3 is 5.97 Å². The summed E-state index contributed by atoms with van der Waals surface area (Å²) in [4.78, 5) is 10.9. The number of carboxylic acids is 1. The lowest BCUT2D eigenvalue weighted by Gasteiger charge is -2.28. The largest absolute Gasteiger partial charge is 0.480 e. The van der Waals surface area contributed by atoms with Crippen molar-refractivity contribution in [3.8, 4) is 0 Å². The van der Waals surface area contributed by atoms with Crippen LogP contribution in [0.15, 0.2) is 18.2 Å². The molecule has 92 valence electrons. The summed E-state index contributed by atoms with van der Waals surface area (Å²) < 4.78 is 13.7. The van der Waals surface area contributed by atoms with Crippen LogP contribution in [-0.2, 0) is 4.79 Å². The molecule has 0 spiro atoms. The molecular weight excluding hydrogens is 241 g/mol. The van der Waals surface area contributed by atoms with E-state index in [1.807, 2.05) is 6.92 Å². The molecule has 1 aromatic rings. The molecule has 2 N–H and O–H groups in total. The van der Waals surface area contributed by atoms with E-state index in [-0.39, 0.29) is 11.2 Å². The van der Waals surface area contributed by atoms with Crippen molar-refractivity contribution in [1.82, 2.24) is 5.32 Å². The maximum absolute atomic E-state index is 13.7. The summed E-state index contributed by atoms with van der Waals surface area (Å²) in [6.45, 7) is 1.89. The number of hydrogen-bond donors (Lipinski definition) is 2. The van der Waals surface area contributed by atoms with Gasteiger partial charge in [-0.05, 0) is 25.2 Å². The van der Waals surface area contributed by atoms with Gasteiger partial charge in [0.05, 0.1) is 5.37 Å². The van der Waals surface area contributed by atoms with Crippen molar-refractivity contribution >= 4 is 17.7 Å². The van der Waals surface area contributed by atoms with Crippen LogP contribution in [0.2, 0.25) is 0 Å². The second-order valence-electron chi connectivity index (χ2n) is 4.12. The minimum atomic E-state index is -0.872. The molecule has 2 unspecified atom stereocenters. The third-order valence-electron chi connectivity index (χ3n) is 2.78. The van der Waals surface area contributed by atoms with Crippen molar-refractivity contribution in [2.75, 3.05) is 5.75 Å². The summed E-state index contributed by atoms with van der Waals surface area (Å²) in [5.41, 5.74) is 1.52. The van der Waals surface area contributed by atoms with Gasteiger partial charge in [0.15, 0.2) is 0 Å². The molecule has 2 rings (SSSR count). The summed E-state index contributed by atoms with van der Waals surface area (Å²) in [7, 11) is 0. The van der Waals surface area contributed by atoms with E-state index in [1.54, 1.807) is 23.9 Å². The third kappa shape index (κ3) is 2.79. The van der Waals surface area contributed by atoms with E-state index in [1.165, 1.54) is 6.07 Å². The lowest BCUT2D eigenvalue weighted by atomic mass is 10.1. The van der Waals surface area contributed by atoms with Gasteiger partial charge in [-0.3, -0.25) is 10.1 Å². The number of carboxylic acid groups (broad SMARTS) is 1. The van der Waals surface area contributed by atoms with Crippen LogP contribution in [0.4, 0.5) is 4.39 Å². The lowest BCUT2D eigenvalue weighted by Crippen LogP contribution is -2.42. The monoisotopic (exact) mass is 255 g/mol. The second-order valence-corrected chi connectivity index (χ2v) is 5.33. The summed E-state index contributed by atoms with van der Waals surface area (Å²) in [5, 5.41) is 11.6. The minimum absolute atomic E-state index is 0.273. The normalized spacial score (nSPS) is 24.6. The average Bonchev–Trinajstić information content (AvgIpc) is 2.32. The number of carbonyl (C=O) groups is 1.